The van der Waals surface area contributed by atoms with E-state index in [1.807, 2.05) is 25.4 Å². The number of pyridine rings is 1. The molecule has 1 aliphatic carbocycles. The number of likely N-dealkylation sites (tertiary alicyclic amines) is 1. The molecule has 7 heteroatoms. The molecular weight excluding hydrogens is 366 g/mol. The van der Waals surface area contributed by atoms with E-state index < -0.39 is 0 Å². The predicted molar refractivity (Wildman–Crippen MR) is 114 cm³/mol. The second-order valence-corrected chi connectivity index (χ2v) is 8.63. The van der Waals surface area contributed by atoms with E-state index in [0.717, 1.165) is 75.0 Å². The van der Waals surface area contributed by atoms with Crippen LogP contribution in [-0.2, 0) is 11.3 Å². The zero-order valence-corrected chi connectivity index (χ0v) is 17.6. The zero-order valence-electron chi connectivity index (χ0n) is 17.6. The molecule has 1 saturated carbocycles. The first-order chi connectivity index (χ1) is 14.3. The van der Waals surface area contributed by atoms with Crippen molar-refractivity contribution in [1.29, 1.82) is 0 Å². The largest absolute Gasteiger partial charge is 0.477 e. The monoisotopic (exact) mass is 401 g/mol. The minimum absolute atomic E-state index is 0.479. The van der Waals surface area contributed by atoms with Gasteiger partial charge in [-0.3, -0.25) is 4.99 Å². The van der Waals surface area contributed by atoms with E-state index in [2.05, 4.69) is 25.5 Å². The third kappa shape index (κ3) is 6.57. The highest BCUT2D eigenvalue weighted by molar-refractivity contribution is 5.79. The fourth-order valence-electron chi connectivity index (χ4n) is 4.05. The topological polar surface area (TPSA) is 71.0 Å². The fourth-order valence-corrected chi connectivity index (χ4v) is 4.05. The summed E-state index contributed by atoms with van der Waals surface area (Å²) in [5.74, 6) is 3.05. The summed E-state index contributed by atoms with van der Waals surface area (Å²) < 4.78 is 11.3. The Labute approximate surface area is 174 Å². The summed E-state index contributed by atoms with van der Waals surface area (Å²) in [5, 5.41) is 7.03. The fraction of sp³-hybridized carbons (Fsp3) is 0.727. The first-order valence-corrected chi connectivity index (χ1v) is 11.1. The van der Waals surface area contributed by atoms with Gasteiger partial charge in [-0.2, -0.15) is 0 Å². The Hall–Kier alpha value is -1.86. The standard InChI is InChI=1S/C22H35N5O2/c1-23-22(25-13-18-4-8-24-21(12-18)29-16-17-2-3-17)26-20-5-9-27(10-6-20)14-19-7-11-28-15-19/h4,8,12,17,19-20H,2-3,5-7,9-11,13-16H2,1H3,(H2,23,25,26). The summed E-state index contributed by atoms with van der Waals surface area (Å²) in [4.78, 5) is 11.3. The van der Waals surface area contributed by atoms with Crippen LogP contribution < -0.4 is 15.4 Å². The van der Waals surface area contributed by atoms with Crippen LogP contribution in [0.15, 0.2) is 23.3 Å². The van der Waals surface area contributed by atoms with Crippen LogP contribution >= 0.6 is 0 Å². The van der Waals surface area contributed by atoms with Crippen LogP contribution in [0.1, 0.15) is 37.7 Å². The average Bonchev–Trinajstić information content (AvgIpc) is 3.45. The van der Waals surface area contributed by atoms with Crippen molar-refractivity contribution in [1.82, 2.24) is 20.5 Å². The minimum atomic E-state index is 0.479. The smallest absolute Gasteiger partial charge is 0.213 e. The molecule has 1 atom stereocenters. The van der Waals surface area contributed by atoms with Gasteiger partial charge in [0.15, 0.2) is 5.96 Å². The van der Waals surface area contributed by atoms with Crippen molar-refractivity contribution in [3.63, 3.8) is 0 Å². The van der Waals surface area contributed by atoms with Gasteiger partial charge in [-0.25, -0.2) is 4.98 Å². The molecule has 160 valence electrons. The van der Waals surface area contributed by atoms with Crippen molar-refractivity contribution in [2.45, 2.75) is 44.7 Å². The van der Waals surface area contributed by atoms with Gasteiger partial charge in [0.2, 0.25) is 5.88 Å². The van der Waals surface area contributed by atoms with Crippen molar-refractivity contribution in [3.05, 3.63) is 23.9 Å². The van der Waals surface area contributed by atoms with Gasteiger partial charge < -0.3 is 25.0 Å². The minimum Gasteiger partial charge on any atom is -0.477 e. The lowest BCUT2D eigenvalue weighted by molar-refractivity contribution is 0.150. The van der Waals surface area contributed by atoms with Crippen LogP contribution in [0.3, 0.4) is 0 Å². The average molecular weight is 402 g/mol. The summed E-state index contributed by atoms with van der Waals surface area (Å²) in [6.45, 7) is 6.87. The molecule has 0 aromatic carbocycles. The molecule has 29 heavy (non-hydrogen) atoms. The Balaban J connectivity index is 1.17. The molecule has 4 rings (SSSR count). The van der Waals surface area contributed by atoms with E-state index in [1.54, 1.807) is 0 Å². The molecule has 3 aliphatic rings. The quantitative estimate of drug-likeness (QED) is 0.513. The number of nitrogens with zero attached hydrogens (tertiary/aromatic N) is 3. The van der Waals surface area contributed by atoms with Crippen LogP contribution in [0.2, 0.25) is 0 Å². The Morgan fingerprint density at radius 2 is 2.10 bits per heavy atom. The second kappa shape index (κ2) is 10.3. The van der Waals surface area contributed by atoms with Crippen LogP contribution in [0.5, 0.6) is 5.88 Å². The van der Waals surface area contributed by atoms with Crippen molar-refractivity contribution < 1.29 is 9.47 Å². The zero-order chi connectivity index (χ0) is 19.9. The molecular formula is C22H35N5O2. The number of guanidine groups is 1. The van der Waals surface area contributed by atoms with Gasteiger partial charge in [0, 0.05) is 58.1 Å². The molecule has 1 aromatic heterocycles. The second-order valence-electron chi connectivity index (χ2n) is 8.63. The number of nitrogens with one attached hydrogen (secondary N) is 2. The summed E-state index contributed by atoms with van der Waals surface area (Å²) >= 11 is 0. The van der Waals surface area contributed by atoms with Crippen molar-refractivity contribution in [2.24, 2.45) is 16.8 Å². The molecule has 2 N–H and O–H groups in total. The summed E-state index contributed by atoms with van der Waals surface area (Å²) in [5.41, 5.74) is 1.15. The third-order valence-corrected chi connectivity index (χ3v) is 6.12. The van der Waals surface area contributed by atoms with Crippen molar-refractivity contribution in [2.75, 3.05) is 46.5 Å². The molecule has 3 fully saturated rings. The SMILES string of the molecule is CN=C(NCc1ccnc(OCC2CC2)c1)NC1CCN(CC2CCOC2)CC1. The van der Waals surface area contributed by atoms with E-state index in [-0.39, 0.29) is 0 Å². The maximum atomic E-state index is 5.79. The highest BCUT2D eigenvalue weighted by Crippen LogP contribution is 2.29. The van der Waals surface area contributed by atoms with E-state index >= 15 is 0 Å². The highest BCUT2D eigenvalue weighted by Gasteiger charge is 2.24. The van der Waals surface area contributed by atoms with Crippen molar-refractivity contribution >= 4 is 5.96 Å². The number of hydrogen-bond donors (Lipinski definition) is 2. The summed E-state index contributed by atoms with van der Waals surface area (Å²) in [6, 6.07) is 4.52. The first kappa shape index (κ1) is 20.4. The van der Waals surface area contributed by atoms with Crippen molar-refractivity contribution in [3.8, 4) is 5.88 Å². The van der Waals surface area contributed by atoms with E-state index in [0.29, 0.717) is 12.6 Å². The number of piperidine rings is 1. The highest BCUT2D eigenvalue weighted by atomic mass is 16.5. The lowest BCUT2D eigenvalue weighted by Gasteiger charge is -2.34. The molecule has 7 nitrogen and oxygen atoms in total. The lowest BCUT2D eigenvalue weighted by Crippen LogP contribution is -2.49. The Morgan fingerprint density at radius 3 is 2.83 bits per heavy atom. The van der Waals surface area contributed by atoms with Gasteiger partial charge in [-0.1, -0.05) is 0 Å². The summed E-state index contributed by atoms with van der Waals surface area (Å²) in [6.07, 6.45) is 7.93. The normalized spacial score (nSPS) is 23.9. The van der Waals surface area contributed by atoms with Gasteiger partial charge >= 0.3 is 0 Å². The van der Waals surface area contributed by atoms with Crippen LogP contribution in [-0.4, -0.2) is 68.4 Å². The van der Waals surface area contributed by atoms with Crippen LogP contribution in [0.4, 0.5) is 0 Å². The van der Waals surface area contributed by atoms with Gasteiger partial charge in [0.1, 0.15) is 0 Å². The molecule has 3 heterocycles. The summed E-state index contributed by atoms with van der Waals surface area (Å²) in [7, 11) is 1.83. The Bertz CT molecular complexity index is 665. The molecule has 1 unspecified atom stereocenters. The van der Waals surface area contributed by atoms with Gasteiger partial charge in [-0.05, 0) is 55.6 Å². The third-order valence-electron chi connectivity index (χ3n) is 6.12. The van der Waals surface area contributed by atoms with E-state index in [1.165, 1.54) is 25.8 Å². The Kier molecular flexibility index (Phi) is 7.22. The molecule has 0 radical (unpaired) electrons. The van der Waals surface area contributed by atoms with Gasteiger partial charge in [-0.15, -0.1) is 0 Å². The first-order valence-electron chi connectivity index (χ1n) is 11.1. The van der Waals surface area contributed by atoms with Crippen LogP contribution in [0, 0.1) is 11.8 Å². The van der Waals surface area contributed by atoms with E-state index in [9.17, 15) is 0 Å². The molecule has 2 saturated heterocycles. The molecule has 0 spiro atoms. The lowest BCUT2D eigenvalue weighted by atomic mass is 10.0. The molecule has 0 bridgehead atoms. The number of rotatable bonds is 8. The molecule has 1 aromatic rings. The number of aromatic nitrogens is 1. The Morgan fingerprint density at radius 1 is 1.24 bits per heavy atom. The molecule has 2 aliphatic heterocycles. The maximum absolute atomic E-state index is 5.79. The number of aliphatic imine (C=N–C) groups is 1. The molecule has 0 amide bonds. The van der Waals surface area contributed by atoms with E-state index in [4.69, 9.17) is 9.47 Å². The predicted octanol–water partition coefficient (Wildman–Crippen LogP) is 2.04. The maximum Gasteiger partial charge on any atom is 0.213 e. The van der Waals surface area contributed by atoms with Gasteiger partial charge in [0.25, 0.3) is 0 Å². The number of hydrogen-bond acceptors (Lipinski definition) is 5. The van der Waals surface area contributed by atoms with Gasteiger partial charge in [0.05, 0.1) is 13.2 Å². The van der Waals surface area contributed by atoms with Crippen LogP contribution in [0.25, 0.3) is 0 Å². The number of ether oxygens (including phenoxy) is 2.